The minimum Gasteiger partial charge on any atom is -0.378 e. The summed E-state index contributed by atoms with van der Waals surface area (Å²) in [4.78, 5) is 0.291. The summed E-state index contributed by atoms with van der Waals surface area (Å²) >= 11 is 0. The van der Waals surface area contributed by atoms with Crippen molar-refractivity contribution in [3.8, 4) is 0 Å². The van der Waals surface area contributed by atoms with E-state index >= 15 is 0 Å². The van der Waals surface area contributed by atoms with E-state index in [4.69, 9.17) is 4.74 Å². The van der Waals surface area contributed by atoms with E-state index < -0.39 is 10.0 Å². The topological polar surface area (TPSA) is 67.4 Å². The molecule has 0 spiro atoms. The van der Waals surface area contributed by atoms with Crippen LogP contribution in [-0.2, 0) is 14.8 Å². The van der Waals surface area contributed by atoms with E-state index in [1.54, 1.807) is 19.2 Å². The molecule has 1 fully saturated rings. The predicted molar refractivity (Wildman–Crippen MR) is 86.3 cm³/mol. The highest BCUT2D eigenvalue weighted by Gasteiger charge is 2.29. The largest absolute Gasteiger partial charge is 0.378 e. The number of fused-ring (bicyclic) bond motifs is 1. The van der Waals surface area contributed by atoms with Crippen molar-refractivity contribution in [1.29, 1.82) is 0 Å². The molecule has 1 heterocycles. The first-order valence-electron chi connectivity index (χ1n) is 7.35. The van der Waals surface area contributed by atoms with Gasteiger partial charge in [0.15, 0.2) is 0 Å². The Balaban J connectivity index is 1.87. The van der Waals surface area contributed by atoms with Gasteiger partial charge in [-0.05, 0) is 35.9 Å². The molecule has 0 aliphatic carbocycles. The van der Waals surface area contributed by atoms with E-state index in [0.717, 1.165) is 17.3 Å². The number of nitrogens with one attached hydrogen (secondary N) is 2. The van der Waals surface area contributed by atoms with Gasteiger partial charge in [0.25, 0.3) is 0 Å². The van der Waals surface area contributed by atoms with Gasteiger partial charge in [0, 0.05) is 13.7 Å². The second-order valence-electron chi connectivity index (χ2n) is 5.50. The number of hydrogen-bond acceptors (Lipinski definition) is 4. The maximum absolute atomic E-state index is 12.6. The molecular weight excluding hydrogens is 300 g/mol. The lowest BCUT2D eigenvalue weighted by molar-refractivity contribution is 0.0593. The van der Waals surface area contributed by atoms with Crippen LogP contribution in [0.2, 0.25) is 0 Å². The normalized spacial score (nSPS) is 22.8. The molecule has 2 atom stereocenters. The van der Waals surface area contributed by atoms with E-state index in [-0.39, 0.29) is 12.1 Å². The molecule has 0 amide bonds. The van der Waals surface area contributed by atoms with Gasteiger partial charge >= 0.3 is 0 Å². The Morgan fingerprint density at radius 2 is 1.95 bits per heavy atom. The standard InChI is InChI=1S/C16H20N2O3S/c1-21-16-11-17-9-8-15(16)18-22(19,20)14-7-6-12-4-2-3-5-13(12)10-14/h2-7,10,15-18H,8-9,11H2,1H3/t15-,16+/m0/s1. The van der Waals surface area contributed by atoms with Gasteiger partial charge in [0.2, 0.25) is 10.0 Å². The van der Waals surface area contributed by atoms with Crippen molar-refractivity contribution in [2.75, 3.05) is 20.2 Å². The minimum absolute atomic E-state index is 0.149. The third kappa shape index (κ3) is 3.15. The second kappa shape index (κ2) is 6.34. The molecule has 0 bridgehead atoms. The summed E-state index contributed by atoms with van der Waals surface area (Å²) < 4.78 is 33.4. The second-order valence-corrected chi connectivity index (χ2v) is 7.22. The Labute approximate surface area is 130 Å². The highest BCUT2D eigenvalue weighted by Crippen LogP contribution is 2.20. The van der Waals surface area contributed by atoms with Gasteiger partial charge in [0.05, 0.1) is 17.0 Å². The summed E-state index contributed by atoms with van der Waals surface area (Å²) in [6.45, 7) is 1.44. The summed E-state index contributed by atoms with van der Waals surface area (Å²) in [5.41, 5.74) is 0. The van der Waals surface area contributed by atoms with Crippen LogP contribution < -0.4 is 10.0 Å². The number of piperidine rings is 1. The molecule has 5 nitrogen and oxygen atoms in total. The van der Waals surface area contributed by atoms with Crippen molar-refractivity contribution < 1.29 is 13.2 Å². The fraction of sp³-hybridized carbons (Fsp3) is 0.375. The molecular formula is C16H20N2O3S. The van der Waals surface area contributed by atoms with Crippen LogP contribution in [-0.4, -0.2) is 40.8 Å². The number of rotatable bonds is 4. The van der Waals surface area contributed by atoms with Crippen LogP contribution in [0.15, 0.2) is 47.4 Å². The Morgan fingerprint density at radius 1 is 1.18 bits per heavy atom. The fourth-order valence-corrected chi connectivity index (χ4v) is 4.15. The number of hydrogen-bond donors (Lipinski definition) is 2. The number of sulfonamides is 1. The third-order valence-electron chi connectivity index (χ3n) is 4.07. The first-order valence-corrected chi connectivity index (χ1v) is 8.83. The summed E-state index contributed by atoms with van der Waals surface area (Å²) in [5.74, 6) is 0. The molecule has 22 heavy (non-hydrogen) atoms. The van der Waals surface area contributed by atoms with Gasteiger partial charge in [0.1, 0.15) is 0 Å². The van der Waals surface area contributed by atoms with Crippen LogP contribution in [0.5, 0.6) is 0 Å². The van der Waals surface area contributed by atoms with Gasteiger partial charge in [-0.3, -0.25) is 0 Å². The SMILES string of the molecule is CO[C@@H]1CNCC[C@@H]1NS(=O)(=O)c1ccc2ccccc2c1. The smallest absolute Gasteiger partial charge is 0.240 e. The van der Waals surface area contributed by atoms with Crippen LogP contribution >= 0.6 is 0 Å². The van der Waals surface area contributed by atoms with Crippen LogP contribution in [0.25, 0.3) is 10.8 Å². The maximum Gasteiger partial charge on any atom is 0.240 e. The molecule has 0 aromatic heterocycles. The zero-order chi connectivity index (χ0) is 15.6. The Bertz CT molecular complexity index is 761. The van der Waals surface area contributed by atoms with Crippen molar-refractivity contribution in [3.63, 3.8) is 0 Å². The quantitative estimate of drug-likeness (QED) is 0.896. The molecule has 1 saturated heterocycles. The Hall–Kier alpha value is -1.47. The fourth-order valence-electron chi connectivity index (χ4n) is 2.81. The van der Waals surface area contributed by atoms with Crippen molar-refractivity contribution in [2.45, 2.75) is 23.5 Å². The Morgan fingerprint density at radius 3 is 2.73 bits per heavy atom. The van der Waals surface area contributed by atoms with Crippen molar-refractivity contribution >= 4 is 20.8 Å². The average molecular weight is 320 g/mol. The average Bonchev–Trinajstić information content (AvgIpc) is 2.54. The molecule has 2 aromatic rings. The summed E-state index contributed by atoms with van der Waals surface area (Å²) in [7, 11) is -1.95. The highest BCUT2D eigenvalue weighted by atomic mass is 32.2. The number of methoxy groups -OCH3 is 1. The molecule has 0 unspecified atom stereocenters. The lowest BCUT2D eigenvalue weighted by atomic mass is 10.1. The molecule has 2 N–H and O–H groups in total. The van der Waals surface area contributed by atoms with Gasteiger partial charge < -0.3 is 10.1 Å². The summed E-state index contributed by atoms with van der Waals surface area (Å²) in [5, 5.41) is 5.15. The van der Waals surface area contributed by atoms with E-state index in [1.807, 2.05) is 30.3 Å². The summed E-state index contributed by atoms with van der Waals surface area (Å²) in [6.07, 6.45) is 0.565. The number of ether oxygens (including phenoxy) is 1. The van der Waals surface area contributed by atoms with E-state index in [9.17, 15) is 8.42 Å². The molecule has 1 aliphatic rings. The first-order chi connectivity index (χ1) is 10.6. The van der Waals surface area contributed by atoms with E-state index in [0.29, 0.717) is 17.9 Å². The van der Waals surface area contributed by atoms with Gasteiger partial charge in [-0.1, -0.05) is 30.3 Å². The molecule has 2 aromatic carbocycles. The lowest BCUT2D eigenvalue weighted by Gasteiger charge is -2.31. The van der Waals surface area contributed by atoms with Gasteiger partial charge in [-0.15, -0.1) is 0 Å². The third-order valence-corrected chi connectivity index (χ3v) is 5.55. The van der Waals surface area contributed by atoms with Crippen molar-refractivity contribution in [2.24, 2.45) is 0 Å². The molecule has 0 saturated carbocycles. The van der Waals surface area contributed by atoms with Crippen LogP contribution in [0.1, 0.15) is 6.42 Å². The first kappa shape index (κ1) is 15.4. The molecule has 6 heteroatoms. The van der Waals surface area contributed by atoms with E-state index in [2.05, 4.69) is 10.0 Å². The molecule has 0 radical (unpaired) electrons. The van der Waals surface area contributed by atoms with Crippen LogP contribution in [0, 0.1) is 0 Å². The highest BCUT2D eigenvalue weighted by molar-refractivity contribution is 7.89. The van der Waals surface area contributed by atoms with Crippen molar-refractivity contribution in [1.82, 2.24) is 10.0 Å². The minimum atomic E-state index is -3.55. The van der Waals surface area contributed by atoms with Gasteiger partial charge in [-0.2, -0.15) is 0 Å². The monoisotopic (exact) mass is 320 g/mol. The zero-order valence-electron chi connectivity index (χ0n) is 12.5. The molecule has 3 rings (SSSR count). The van der Waals surface area contributed by atoms with Crippen molar-refractivity contribution in [3.05, 3.63) is 42.5 Å². The molecule has 118 valence electrons. The van der Waals surface area contributed by atoms with Gasteiger partial charge in [-0.25, -0.2) is 13.1 Å². The van der Waals surface area contributed by atoms with Crippen LogP contribution in [0.3, 0.4) is 0 Å². The lowest BCUT2D eigenvalue weighted by Crippen LogP contribution is -2.53. The number of benzene rings is 2. The van der Waals surface area contributed by atoms with E-state index in [1.165, 1.54) is 0 Å². The summed E-state index contributed by atoms with van der Waals surface area (Å²) in [6, 6.07) is 12.7. The van der Waals surface area contributed by atoms with Crippen LogP contribution in [0.4, 0.5) is 0 Å². The molecule has 1 aliphatic heterocycles. The Kier molecular flexibility index (Phi) is 4.44. The maximum atomic E-state index is 12.6. The predicted octanol–water partition coefficient (Wildman–Crippen LogP) is 1.49. The zero-order valence-corrected chi connectivity index (χ0v) is 13.3.